The van der Waals surface area contributed by atoms with Gasteiger partial charge < -0.3 is 9.75 Å². The fourth-order valence-corrected chi connectivity index (χ4v) is 3.46. The quantitative estimate of drug-likeness (QED) is 0.656. The van der Waals surface area contributed by atoms with E-state index in [9.17, 15) is 4.79 Å². The molecule has 0 amide bonds. The molecule has 0 spiro atoms. The number of aldehydes is 1. The van der Waals surface area contributed by atoms with Gasteiger partial charge in [-0.25, -0.2) is 0 Å². The van der Waals surface area contributed by atoms with Crippen molar-refractivity contribution in [2.24, 2.45) is 0 Å². The van der Waals surface area contributed by atoms with E-state index in [1.54, 1.807) is 0 Å². The Balaban J connectivity index is 1.45. The summed E-state index contributed by atoms with van der Waals surface area (Å²) in [7, 11) is 0. The molecule has 5 heteroatoms. The molecule has 0 atom stereocenters. The highest BCUT2D eigenvalue weighted by Gasteiger charge is 2.21. The Labute approximate surface area is 151 Å². The molecule has 1 aliphatic rings. The van der Waals surface area contributed by atoms with Crippen molar-refractivity contribution < 1.29 is 9.53 Å². The maximum atomic E-state index is 11.0. The highest BCUT2D eigenvalue weighted by atomic mass is 35.5. The molecule has 0 radical (unpaired) electrons. The summed E-state index contributed by atoms with van der Waals surface area (Å²) in [6.07, 6.45) is 5.08. The fourth-order valence-electron chi connectivity index (χ4n) is 3.33. The van der Waals surface area contributed by atoms with E-state index in [0.29, 0.717) is 5.56 Å². The molecule has 2 heterocycles. The normalized spacial score (nSPS) is 15.5. The van der Waals surface area contributed by atoms with Crippen molar-refractivity contribution >= 4 is 28.8 Å². The van der Waals surface area contributed by atoms with Crippen LogP contribution in [0.3, 0.4) is 0 Å². The van der Waals surface area contributed by atoms with E-state index < -0.39 is 0 Å². The van der Waals surface area contributed by atoms with Gasteiger partial charge in [0.05, 0.1) is 5.52 Å². The first-order valence-corrected chi connectivity index (χ1v) is 8.84. The number of hydrogen-bond donors (Lipinski definition) is 0. The largest absolute Gasteiger partial charge is 0.490 e. The average molecular weight is 355 g/mol. The molecule has 0 bridgehead atoms. The lowest BCUT2D eigenvalue weighted by atomic mass is 10.1. The molecular weight excluding hydrogens is 336 g/mol. The summed E-state index contributed by atoms with van der Waals surface area (Å²) in [6, 6.07) is 15.4. The average Bonchev–Trinajstić information content (AvgIpc) is 3.07. The summed E-state index contributed by atoms with van der Waals surface area (Å²) in [4.78, 5) is 11.0. The number of carbonyl (C=O) groups excluding carboxylic acids is 1. The third-order valence-electron chi connectivity index (χ3n) is 4.67. The van der Waals surface area contributed by atoms with E-state index in [1.165, 1.54) is 0 Å². The Morgan fingerprint density at radius 3 is 2.52 bits per heavy atom. The second-order valence-corrected chi connectivity index (χ2v) is 6.76. The number of hydrogen-bond acceptors (Lipinski definition) is 3. The molecule has 2 aromatic carbocycles. The zero-order valence-electron chi connectivity index (χ0n) is 13.8. The molecule has 4 rings (SSSR count). The van der Waals surface area contributed by atoms with Crippen LogP contribution in [0.4, 0.5) is 0 Å². The first-order chi connectivity index (χ1) is 12.2. The maximum absolute atomic E-state index is 11.0. The summed E-state index contributed by atoms with van der Waals surface area (Å²) in [5, 5.41) is 4.17. The molecule has 0 unspecified atom stereocenters. The minimum Gasteiger partial charge on any atom is -0.490 e. The molecule has 1 fully saturated rings. The van der Waals surface area contributed by atoms with Crippen LogP contribution in [0.1, 0.15) is 23.2 Å². The molecule has 3 aromatic rings. The van der Waals surface area contributed by atoms with Gasteiger partial charge in [-0.05, 0) is 36.4 Å². The minimum absolute atomic E-state index is 0.213. The van der Waals surface area contributed by atoms with Crippen molar-refractivity contribution in [3.8, 4) is 5.75 Å². The zero-order chi connectivity index (χ0) is 17.2. The number of fused-ring (bicyclic) bond motifs is 1. The van der Waals surface area contributed by atoms with Gasteiger partial charge in [0.2, 0.25) is 0 Å². The number of rotatable bonds is 4. The second kappa shape index (κ2) is 6.81. The highest BCUT2D eigenvalue weighted by Crippen LogP contribution is 2.23. The van der Waals surface area contributed by atoms with E-state index in [-0.39, 0.29) is 6.10 Å². The number of benzene rings is 2. The molecule has 4 nitrogen and oxygen atoms in total. The molecule has 0 aliphatic carbocycles. The third-order valence-corrected chi connectivity index (χ3v) is 4.92. The van der Waals surface area contributed by atoms with E-state index in [4.69, 9.17) is 16.3 Å². The monoisotopic (exact) mass is 354 g/mol. The number of piperidine rings is 1. The lowest BCUT2D eigenvalue weighted by Crippen LogP contribution is -2.44. The fraction of sp³-hybridized carbons (Fsp3) is 0.250. The number of aromatic nitrogens is 1. The first kappa shape index (κ1) is 16.0. The van der Waals surface area contributed by atoms with Crippen LogP contribution in [0.15, 0.2) is 54.7 Å². The smallest absolute Gasteiger partial charge is 0.150 e. The van der Waals surface area contributed by atoms with Crippen LogP contribution in [0.2, 0.25) is 5.02 Å². The van der Waals surface area contributed by atoms with Crippen molar-refractivity contribution in [1.29, 1.82) is 0 Å². The van der Waals surface area contributed by atoms with E-state index in [2.05, 4.69) is 21.9 Å². The molecule has 1 aromatic heterocycles. The van der Waals surface area contributed by atoms with Gasteiger partial charge in [0, 0.05) is 48.1 Å². The minimum atomic E-state index is 0.213. The number of ether oxygens (including phenoxy) is 1. The lowest BCUT2D eigenvalue weighted by Gasteiger charge is -2.34. The topological polar surface area (TPSA) is 34.5 Å². The van der Waals surface area contributed by atoms with Gasteiger partial charge in [-0.2, -0.15) is 0 Å². The van der Waals surface area contributed by atoms with Crippen molar-refractivity contribution in [1.82, 2.24) is 4.68 Å². The predicted molar refractivity (Wildman–Crippen MR) is 100 cm³/mol. The Kier molecular flexibility index (Phi) is 4.36. The lowest BCUT2D eigenvalue weighted by molar-refractivity contribution is 0.112. The van der Waals surface area contributed by atoms with Gasteiger partial charge in [-0.1, -0.05) is 23.7 Å². The standard InChI is InChI=1S/C20H19ClN2O2/c21-17-3-5-18(6-4-17)25-19-8-10-22(11-9-19)23-12-7-16-2-1-15(14-24)13-20(16)23/h1-7,12-14,19H,8-11H2. The molecule has 25 heavy (non-hydrogen) atoms. The van der Waals surface area contributed by atoms with Crippen LogP contribution >= 0.6 is 11.6 Å². The molecule has 1 saturated heterocycles. The van der Waals surface area contributed by atoms with E-state index in [0.717, 1.165) is 53.9 Å². The molecular formula is C20H19ClN2O2. The van der Waals surface area contributed by atoms with E-state index >= 15 is 0 Å². The number of halogens is 1. The molecule has 1 aliphatic heterocycles. The van der Waals surface area contributed by atoms with Crippen LogP contribution in [0.25, 0.3) is 10.9 Å². The van der Waals surface area contributed by atoms with Crippen LogP contribution in [0.5, 0.6) is 5.75 Å². The van der Waals surface area contributed by atoms with Crippen LogP contribution in [-0.2, 0) is 0 Å². The predicted octanol–water partition coefficient (Wildman–Crippen LogP) is 4.29. The Morgan fingerprint density at radius 2 is 1.80 bits per heavy atom. The van der Waals surface area contributed by atoms with Crippen molar-refractivity contribution in [3.63, 3.8) is 0 Å². The highest BCUT2D eigenvalue weighted by molar-refractivity contribution is 6.30. The molecule has 0 saturated carbocycles. The first-order valence-electron chi connectivity index (χ1n) is 8.47. The number of nitrogens with zero attached hydrogens (tertiary/aromatic N) is 2. The number of carbonyl (C=O) groups is 1. The summed E-state index contributed by atoms with van der Waals surface area (Å²) in [6.45, 7) is 1.82. The van der Waals surface area contributed by atoms with Crippen molar-refractivity contribution in [2.45, 2.75) is 18.9 Å². The van der Waals surface area contributed by atoms with Crippen LogP contribution in [0, 0.1) is 0 Å². The van der Waals surface area contributed by atoms with Gasteiger partial charge >= 0.3 is 0 Å². The summed E-state index contributed by atoms with van der Waals surface area (Å²) < 4.78 is 8.21. The summed E-state index contributed by atoms with van der Waals surface area (Å²) >= 11 is 5.91. The van der Waals surface area contributed by atoms with E-state index in [1.807, 2.05) is 42.5 Å². The maximum Gasteiger partial charge on any atom is 0.150 e. The molecule has 0 N–H and O–H groups in total. The van der Waals surface area contributed by atoms with Crippen molar-refractivity contribution in [2.75, 3.05) is 18.1 Å². The Bertz CT molecular complexity index is 880. The molecule has 128 valence electrons. The van der Waals surface area contributed by atoms with Crippen molar-refractivity contribution in [3.05, 3.63) is 65.3 Å². The summed E-state index contributed by atoms with van der Waals surface area (Å²) in [5.41, 5.74) is 1.77. The van der Waals surface area contributed by atoms with Gasteiger partial charge in [0.25, 0.3) is 0 Å². The van der Waals surface area contributed by atoms with Crippen LogP contribution < -0.4 is 9.75 Å². The third kappa shape index (κ3) is 3.35. The van der Waals surface area contributed by atoms with Crippen LogP contribution in [-0.4, -0.2) is 30.2 Å². The second-order valence-electron chi connectivity index (χ2n) is 6.32. The van der Waals surface area contributed by atoms with Gasteiger partial charge in [-0.3, -0.25) is 9.47 Å². The SMILES string of the molecule is O=Cc1ccc2ccn(N3CCC(Oc4ccc(Cl)cc4)CC3)c2c1. The van der Waals surface area contributed by atoms with Gasteiger partial charge in [-0.15, -0.1) is 0 Å². The summed E-state index contributed by atoms with van der Waals surface area (Å²) in [5.74, 6) is 0.866. The van der Waals surface area contributed by atoms with Gasteiger partial charge in [0.15, 0.2) is 0 Å². The Hall–Kier alpha value is -2.46. The Morgan fingerprint density at radius 1 is 1.04 bits per heavy atom. The zero-order valence-corrected chi connectivity index (χ0v) is 14.5. The van der Waals surface area contributed by atoms with Gasteiger partial charge in [0.1, 0.15) is 18.1 Å².